The van der Waals surface area contributed by atoms with Crippen LogP contribution in [0.25, 0.3) is 0 Å². The van der Waals surface area contributed by atoms with Crippen LogP contribution in [-0.4, -0.2) is 53.5 Å². The number of pyridine rings is 1. The Hall–Kier alpha value is -4.16. The second-order valence-electron chi connectivity index (χ2n) is 8.23. The Labute approximate surface area is 198 Å². The number of anilines is 1. The number of carbonyl (C=O) groups is 2. The second-order valence-corrected chi connectivity index (χ2v) is 8.23. The summed E-state index contributed by atoms with van der Waals surface area (Å²) in [4.78, 5) is 31.0. The maximum atomic E-state index is 13.0. The van der Waals surface area contributed by atoms with E-state index in [9.17, 15) is 14.7 Å². The fourth-order valence-corrected chi connectivity index (χ4v) is 3.12. The summed E-state index contributed by atoms with van der Waals surface area (Å²) < 4.78 is 5.77. The van der Waals surface area contributed by atoms with Crippen LogP contribution in [-0.2, 0) is 11.2 Å². The topological polar surface area (TPSA) is 128 Å². The first-order chi connectivity index (χ1) is 16.2. The molecule has 9 nitrogen and oxygen atoms in total. The third kappa shape index (κ3) is 6.67. The number of hydrogen-bond acceptors (Lipinski definition) is 6. The Morgan fingerprint density at radius 2 is 2.18 bits per heavy atom. The van der Waals surface area contributed by atoms with Crippen LogP contribution in [0.3, 0.4) is 0 Å². The van der Waals surface area contributed by atoms with E-state index in [0.29, 0.717) is 29.0 Å². The van der Waals surface area contributed by atoms with Crippen molar-refractivity contribution in [1.29, 1.82) is 5.41 Å². The van der Waals surface area contributed by atoms with E-state index in [4.69, 9.17) is 10.1 Å². The number of amides is 3. The van der Waals surface area contributed by atoms with Crippen molar-refractivity contribution in [2.75, 3.05) is 18.6 Å². The van der Waals surface area contributed by atoms with Crippen LogP contribution < -0.4 is 20.3 Å². The van der Waals surface area contributed by atoms with Crippen molar-refractivity contribution in [3.05, 3.63) is 65.6 Å². The van der Waals surface area contributed by atoms with Gasteiger partial charge in [0.1, 0.15) is 24.0 Å². The van der Waals surface area contributed by atoms with E-state index < -0.39 is 17.7 Å². The van der Waals surface area contributed by atoms with E-state index in [2.05, 4.69) is 27.5 Å². The lowest BCUT2D eigenvalue weighted by atomic mass is 10.1. The highest BCUT2D eigenvalue weighted by Crippen LogP contribution is 2.31. The molecule has 176 valence electrons. The van der Waals surface area contributed by atoms with E-state index in [-0.39, 0.29) is 12.5 Å². The van der Waals surface area contributed by atoms with Gasteiger partial charge in [0.15, 0.2) is 0 Å². The second kappa shape index (κ2) is 10.6. The number of nitrogens with one attached hydrogen (secondary N) is 3. The number of carbonyl (C=O) groups excluding carboxylic acids is 2. The van der Waals surface area contributed by atoms with E-state index in [0.717, 1.165) is 11.9 Å². The lowest BCUT2D eigenvalue weighted by molar-refractivity contribution is -0.120. The average Bonchev–Trinajstić information content (AvgIpc) is 2.92. The van der Waals surface area contributed by atoms with Crippen molar-refractivity contribution in [3.8, 4) is 17.6 Å². The summed E-state index contributed by atoms with van der Waals surface area (Å²) in [5, 5.41) is 22.5. The summed E-state index contributed by atoms with van der Waals surface area (Å²) in [7, 11) is 1.59. The molecule has 0 unspecified atom stereocenters. The first-order valence-electron chi connectivity index (χ1n) is 10.6. The molecule has 2 aromatic rings. The molecule has 0 bridgehead atoms. The van der Waals surface area contributed by atoms with Crippen LogP contribution in [0, 0.1) is 17.3 Å². The Balaban J connectivity index is 1.66. The van der Waals surface area contributed by atoms with Gasteiger partial charge in [-0.3, -0.25) is 9.78 Å². The zero-order valence-electron chi connectivity index (χ0n) is 19.3. The summed E-state index contributed by atoms with van der Waals surface area (Å²) >= 11 is 0. The van der Waals surface area contributed by atoms with Gasteiger partial charge in [0.25, 0.3) is 5.91 Å². The van der Waals surface area contributed by atoms with E-state index >= 15 is 0 Å². The molecule has 1 aromatic heterocycles. The summed E-state index contributed by atoms with van der Waals surface area (Å²) in [5.74, 6) is 5.74. The summed E-state index contributed by atoms with van der Waals surface area (Å²) in [6, 6.07) is 9.09. The van der Waals surface area contributed by atoms with Crippen molar-refractivity contribution in [3.63, 3.8) is 0 Å². The summed E-state index contributed by atoms with van der Waals surface area (Å²) in [5.41, 5.74) is 1.29. The zero-order valence-corrected chi connectivity index (χ0v) is 19.3. The van der Waals surface area contributed by atoms with E-state index in [1.54, 1.807) is 51.4 Å². The average molecular weight is 462 g/mol. The first kappa shape index (κ1) is 24.5. The molecule has 0 saturated carbocycles. The van der Waals surface area contributed by atoms with Gasteiger partial charge in [-0.2, -0.15) is 0 Å². The van der Waals surface area contributed by atoms with Gasteiger partial charge in [0.05, 0.1) is 5.69 Å². The van der Waals surface area contributed by atoms with Crippen molar-refractivity contribution in [1.82, 2.24) is 15.6 Å². The normalized spacial score (nSPS) is 15.8. The number of benzene rings is 1. The van der Waals surface area contributed by atoms with Gasteiger partial charge in [-0.05, 0) is 49.8 Å². The number of likely N-dealkylation sites (N-methyl/N-ethyl adjacent to an activating group) is 1. The lowest BCUT2D eigenvalue weighted by Crippen LogP contribution is -2.51. The molecule has 1 aliphatic rings. The fourth-order valence-electron chi connectivity index (χ4n) is 3.12. The molecule has 0 spiro atoms. The molecular formula is C25H27N5O4. The minimum Gasteiger partial charge on any atom is -0.489 e. The van der Waals surface area contributed by atoms with Crippen LogP contribution >= 0.6 is 0 Å². The van der Waals surface area contributed by atoms with Crippen molar-refractivity contribution < 1.29 is 19.4 Å². The fraction of sp³-hybridized carbons (Fsp3) is 0.280. The maximum Gasteiger partial charge on any atom is 0.319 e. The van der Waals surface area contributed by atoms with Gasteiger partial charge in [-0.25, -0.2) is 4.79 Å². The number of rotatable bonds is 5. The van der Waals surface area contributed by atoms with Gasteiger partial charge in [-0.15, -0.1) is 0 Å². The Bertz CT molecular complexity index is 1160. The maximum absolute atomic E-state index is 13.0. The predicted octanol–water partition coefficient (Wildman–Crippen LogP) is 2.00. The molecule has 0 aliphatic carbocycles. The minimum atomic E-state index is -1.14. The van der Waals surface area contributed by atoms with Crippen molar-refractivity contribution >= 4 is 23.8 Å². The molecule has 1 aliphatic heterocycles. The first-order valence-corrected chi connectivity index (χ1v) is 10.6. The minimum absolute atomic E-state index is 0.0482. The molecule has 0 fully saturated rings. The third-order valence-electron chi connectivity index (χ3n) is 4.86. The molecule has 9 heteroatoms. The van der Waals surface area contributed by atoms with Crippen molar-refractivity contribution in [2.24, 2.45) is 0 Å². The number of nitrogens with zero attached hydrogens (tertiary/aromatic N) is 2. The van der Waals surface area contributed by atoms with E-state index in [1.165, 1.54) is 11.1 Å². The molecule has 34 heavy (non-hydrogen) atoms. The number of aromatic nitrogens is 1. The Kier molecular flexibility index (Phi) is 7.66. The van der Waals surface area contributed by atoms with Crippen LogP contribution in [0.4, 0.5) is 10.5 Å². The van der Waals surface area contributed by atoms with Gasteiger partial charge < -0.3 is 30.8 Å². The molecule has 1 atom stereocenters. The predicted molar refractivity (Wildman–Crippen MR) is 129 cm³/mol. The van der Waals surface area contributed by atoms with Gasteiger partial charge >= 0.3 is 6.03 Å². The van der Waals surface area contributed by atoms with Crippen LogP contribution in [0.1, 0.15) is 25.1 Å². The number of urea groups is 1. The number of fused-ring (bicyclic) bond motifs is 1. The van der Waals surface area contributed by atoms with Crippen LogP contribution in [0.5, 0.6) is 5.75 Å². The molecule has 3 rings (SSSR count). The highest BCUT2D eigenvalue weighted by Gasteiger charge is 2.30. The third-order valence-corrected chi connectivity index (χ3v) is 4.86. The smallest absolute Gasteiger partial charge is 0.319 e. The Morgan fingerprint density at radius 1 is 1.38 bits per heavy atom. The summed E-state index contributed by atoms with van der Waals surface area (Å²) in [6.45, 7) is 3.12. The van der Waals surface area contributed by atoms with Gasteiger partial charge in [-0.1, -0.05) is 17.9 Å². The highest BCUT2D eigenvalue weighted by atomic mass is 16.5. The molecule has 1 aromatic carbocycles. The molecular weight excluding hydrogens is 434 g/mol. The quantitative estimate of drug-likeness (QED) is 0.400. The monoisotopic (exact) mass is 461 g/mol. The molecule has 4 N–H and O–H groups in total. The van der Waals surface area contributed by atoms with Crippen LogP contribution in [0.15, 0.2) is 54.4 Å². The number of aliphatic hydroxyl groups is 1. The molecule has 2 heterocycles. The zero-order chi connectivity index (χ0) is 24.7. The lowest BCUT2D eigenvalue weighted by Gasteiger charge is -2.20. The summed E-state index contributed by atoms with van der Waals surface area (Å²) in [6.07, 6.45) is 4.59. The van der Waals surface area contributed by atoms with Crippen molar-refractivity contribution in [2.45, 2.75) is 31.9 Å². The standard InChI is InChI=1S/C25H27N5O4/c1-25(2,33)10-9-17-7-8-22-21(13-17)30(3)23(31)20(16-34-22)29-24(32)28-15-18(14-26)12-19-6-4-5-11-27-19/h4-8,11,13-15,20,26,33H,12,16H2,1-3H3,(H2,28,29,32)/b18-15-,26-14?/t20-/m1/s1. The SMILES string of the molecule is CN1C(=O)[C@H](NC(=O)N/C=C(\C=N)Cc2ccccn2)COc2ccc(C#CC(C)(C)O)cc21. The van der Waals surface area contributed by atoms with Gasteiger partial charge in [0, 0.05) is 43.3 Å². The number of ether oxygens (including phenoxy) is 1. The van der Waals surface area contributed by atoms with E-state index in [1.807, 2.05) is 12.1 Å². The highest BCUT2D eigenvalue weighted by molar-refractivity contribution is 6.00. The molecule has 3 amide bonds. The molecule has 0 saturated heterocycles. The largest absolute Gasteiger partial charge is 0.489 e. The van der Waals surface area contributed by atoms with Crippen LogP contribution in [0.2, 0.25) is 0 Å². The molecule has 0 radical (unpaired) electrons. The number of allylic oxidation sites excluding steroid dienone is 1. The number of hydrogen-bond donors (Lipinski definition) is 4. The van der Waals surface area contributed by atoms with Gasteiger partial charge in [0.2, 0.25) is 0 Å². The Morgan fingerprint density at radius 3 is 2.85 bits per heavy atom.